The molecule has 1 aliphatic carbocycles. The van der Waals surface area contributed by atoms with Gasteiger partial charge in [-0.15, -0.1) is 0 Å². The monoisotopic (exact) mass is 476 g/mol. The summed E-state index contributed by atoms with van der Waals surface area (Å²) in [6.45, 7) is 4.03. The van der Waals surface area contributed by atoms with E-state index in [9.17, 15) is 9.59 Å². The molecule has 3 rings (SSSR count). The third-order valence-corrected chi connectivity index (χ3v) is 6.30. The molecule has 1 saturated carbocycles. The maximum absolute atomic E-state index is 13.3. The van der Waals surface area contributed by atoms with Crippen molar-refractivity contribution in [3.8, 4) is 5.75 Å². The summed E-state index contributed by atoms with van der Waals surface area (Å²) in [5, 5.41) is 3.97. The van der Waals surface area contributed by atoms with Gasteiger partial charge in [0.1, 0.15) is 11.8 Å². The molecule has 2 aromatic rings. The second-order valence-corrected chi connectivity index (χ2v) is 9.13. The van der Waals surface area contributed by atoms with Crippen LogP contribution >= 0.6 is 23.2 Å². The van der Waals surface area contributed by atoms with E-state index < -0.39 is 6.04 Å². The minimum absolute atomic E-state index is 0.107. The molecule has 1 aliphatic rings. The highest BCUT2D eigenvalue weighted by atomic mass is 35.5. The largest absolute Gasteiger partial charge is 0.482 e. The Bertz CT molecular complexity index is 945. The second-order valence-electron chi connectivity index (χ2n) is 8.29. The molecule has 0 unspecified atom stereocenters. The van der Waals surface area contributed by atoms with Crippen molar-refractivity contribution in [3.05, 3.63) is 63.6 Å². The predicted octanol–water partition coefficient (Wildman–Crippen LogP) is 5.55. The summed E-state index contributed by atoms with van der Waals surface area (Å²) < 4.78 is 5.69. The van der Waals surface area contributed by atoms with E-state index in [0.29, 0.717) is 28.8 Å². The van der Waals surface area contributed by atoms with Crippen LogP contribution in [0, 0.1) is 6.92 Å². The van der Waals surface area contributed by atoms with E-state index in [2.05, 4.69) is 5.32 Å². The normalized spacial score (nSPS) is 14.8. The van der Waals surface area contributed by atoms with Crippen LogP contribution in [0.1, 0.15) is 50.2 Å². The van der Waals surface area contributed by atoms with Gasteiger partial charge in [0, 0.05) is 17.6 Å². The number of rotatable bonds is 9. The summed E-state index contributed by atoms with van der Waals surface area (Å²) in [5.41, 5.74) is 2.07. The standard InChI is InChI=1S/C25H30Cl2N2O3/c1-3-22(25(31)28-20-9-4-5-10-20)29(15-18-8-6-7-17(2)13-18)24(30)16-32-23-12-11-19(26)14-21(23)27/h6-8,11-14,20,22H,3-5,9-10,15-16H2,1-2H3,(H,28,31)/t22-/m1/s1. The van der Waals surface area contributed by atoms with Crippen LogP contribution in [0.15, 0.2) is 42.5 Å². The number of benzene rings is 2. The lowest BCUT2D eigenvalue weighted by Crippen LogP contribution is -2.52. The predicted molar refractivity (Wildman–Crippen MR) is 128 cm³/mol. The van der Waals surface area contributed by atoms with E-state index in [1.165, 1.54) is 0 Å². The minimum atomic E-state index is -0.576. The van der Waals surface area contributed by atoms with Gasteiger partial charge in [-0.2, -0.15) is 0 Å². The number of nitrogens with zero attached hydrogens (tertiary/aromatic N) is 1. The van der Waals surface area contributed by atoms with Gasteiger partial charge in [-0.1, -0.05) is 72.8 Å². The Morgan fingerprint density at radius 3 is 2.56 bits per heavy atom. The maximum Gasteiger partial charge on any atom is 0.261 e. The molecule has 1 atom stereocenters. The maximum atomic E-state index is 13.3. The fraction of sp³-hybridized carbons (Fsp3) is 0.440. The van der Waals surface area contributed by atoms with Crippen molar-refractivity contribution in [3.63, 3.8) is 0 Å². The molecule has 0 radical (unpaired) electrons. The van der Waals surface area contributed by atoms with Crippen molar-refractivity contribution in [2.45, 2.75) is 64.6 Å². The Kier molecular flexibility index (Phi) is 8.83. The Balaban J connectivity index is 1.77. The molecule has 0 bridgehead atoms. The lowest BCUT2D eigenvalue weighted by molar-refractivity contribution is -0.143. The van der Waals surface area contributed by atoms with Crippen molar-refractivity contribution >= 4 is 35.0 Å². The van der Waals surface area contributed by atoms with Crippen LogP contribution in [-0.4, -0.2) is 35.4 Å². The second kappa shape index (κ2) is 11.6. The Labute approximate surface area is 200 Å². The topological polar surface area (TPSA) is 58.6 Å². The summed E-state index contributed by atoms with van der Waals surface area (Å²) in [6.07, 6.45) is 4.75. The molecule has 0 aromatic heterocycles. The van der Waals surface area contributed by atoms with Gasteiger partial charge in [0.05, 0.1) is 5.02 Å². The highest BCUT2D eigenvalue weighted by molar-refractivity contribution is 6.35. The van der Waals surface area contributed by atoms with Crippen LogP contribution in [0.2, 0.25) is 10.0 Å². The lowest BCUT2D eigenvalue weighted by Gasteiger charge is -2.31. The molecule has 0 heterocycles. The van der Waals surface area contributed by atoms with Gasteiger partial charge in [0.2, 0.25) is 5.91 Å². The summed E-state index contributed by atoms with van der Waals surface area (Å²) >= 11 is 12.1. The number of hydrogen-bond acceptors (Lipinski definition) is 3. The van der Waals surface area contributed by atoms with Crippen LogP contribution in [-0.2, 0) is 16.1 Å². The number of aryl methyl sites for hydroxylation is 1. The molecular weight excluding hydrogens is 447 g/mol. The van der Waals surface area contributed by atoms with Crippen molar-refractivity contribution in [1.82, 2.24) is 10.2 Å². The highest BCUT2D eigenvalue weighted by Crippen LogP contribution is 2.27. The number of nitrogens with one attached hydrogen (secondary N) is 1. The van der Waals surface area contributed by atoms with Crippen molar-refractivity contribution in [2.75, 3.05) is 6.61 Å². The van der Waals surface area contributed by atoms with Gasteiger partial charge >= 0.3 is 0 Å². The van der Waals surface area contributed by atoms with E-state index >= 15 is 0 Å². The number of ether oxygens (including phenoxy) is 1. The Morgan fingerprint density at radius 2 is 1.91 bits per heavy atom. The van der Waals surface area contributed by atoms with Gasteiger partial charge in [-0.05, 0) is 49.9 Å². The number of carbonyl (C=O) groups is 2. The van der Waals surface area contributed by atoms with Gasteiger partial charge in [-0.3, -0.25) is 9.59 Å². The highest BCUT2D eigenvalue weighted by Gasteiger charge is 2.31. The Hall–Kier alpha value is -2.24. The molecule has 0 aliphatic heterocycles. The average molecular weight is 477 g/mol. The van der Waals surface area contributed by atoms with Crippen molar-refractivity contribution < 1.29 is 14.3 Å². The molecule has 1 fully saturated rings. The van der Waals surface area contributed by atoms with Crippen molar-refractivity contribution in [2.24, 2.45) is 0 Å². The quantitative estimate of drug-likeness (QED) is 0.516. The molecular formula is C25H30Cl2N2O3. The Morgan fingerprint density at radius 1 is 1.16 bits per heavy atom. The van der Waals surface area contributed by atoms with Gasteiger partial charge < -0.3 is 15.0 Å². The molecule has 5 nitrogen and oxygen atoms in total. The molecule has 0 spiro atoms. The third kappa shape index (κ3) is 6.63. The van der Waals surface area contributed by atoms with Crippen molar-refractivity contribution in [1.29, 1.82) is 0 Å². The number of carbonyl (C=O) groups excluding carboxylic acids is 2. The molecule has 2 amide bonds. The molecule has 0 saturated heterocycles. The summed E-state index contributed by atoms with van der Waals surface area (Å²) in [5.74, 6) is -0.000694. The van der Waals surface area contributed by atoms with Crippen LogP contribution in [0.4, 0.5) is 0 Å². The summed E-state index contributed by atoms with van der Waals surface area (Å²) in [6, 6.07) is 12.4. The SMILES string of the molecule is CC[C@H](C(=O)NC1CCCC1)N(Cc1cccc(C)c1)C(=O)COc1ccc(Cl)cc1Cl. The summed E-state index contributed by atoms with van der Waals surface area (Å²) in [4.78, 5) is 28.0. The average Bonchev–Trinajstić information content (AvgIpc) is 3.26. The fourth-order valence-corrected chi connectivity index (χ4v) is 4.57. The van der Waals surface area contributed by atoms with Gasteiger partial charge in [-0.25, -0.2) is 0 Å². The van der Waals surface area contributed by atoms with E-state index in [1.54, 1.807) is 23.1 Å². The number of hydrogen-bond donors (Lipinski definition) is 1. The molecule has 1 N–H and O–H groups in total. The fourth-order valence-electron chi connectivity index (χ4n) is 4.11. The first kappa shape index (κ1) is 24.4. The first-order valence-electron chi connectivity index (χ1n) is 11.1. The first-order chi connectivity index (χ1) is 15.4. The zero-order valence-corrected chi connectivity index (χ0v) is 20.1. The van der Waals surface area contributed by atoms with Gasteiger partial charge in [0.15, 0.2) is 6.61 Å². The zero-order valence-electron chi connectivity index (χ0n) is 18.6. The van der Waals surface area contributed by atoms with E-state index in [-0.39, 0.29) is 24.5 Å². The lowest BCUT2D eigenvalue weighted by atomic mass is 10.1. The molecule has 172 valence electrons. The smallest absolute Gasteiger partial charge is 0.261 e. The third-order valence-electron chi connectivity index (χ3n) is 5.77. The van der Waals surface area contributed by atoms with E-state index in [1.807, 2.05) is 38.1 Å². The molecule has 7 heteroatoms. The number of amides is 2. The molecule has 2 aromatic carbocycles. The molecule has 32 heavy (non-hydrogen) atoms. The van der Waals surface area contributed by atoms with E-state index in [0.717, 1.165) is 36.8 Å². The van der Waals surface area contributed by atoms with Crippen LogP contribution in [0.25, 0.3) is 0 Å². The van der Waals surface area contributed by atoms with E-state index in [4.69, 9.17) is 27.9 Å². The van der Waals surface area contributed by atoms with Crippen LogP contribution in [0.3, 0.4) is 0 Å². The first-order valence-corrected chi connectivity index (χ1v) is 11.9. The van der Waals surface area contributed by atoms with Gasteiger partial charge in [0.25, 0.3) is 5.91 Å². The van der Waals surface area contributed by atoms with Crippen LogP contribution in [0.5, 0.6) is 5.75 Å². The van der Waals surface area contributed by atoms with Crippen LogP contribution < -0.4 is 10.1 Å². The minimum Gasteiger partial charge on any atom is -0.482 e. The number of halogens is 2. The zero-order chi connectivity index (χ0) is 23.1. The summed E-state index contributed by atoms with van der Waals surface area (Å²) in [7, 11) is 0.